The molecule has 1 aromatic carbocycles. The second-order valence-electron chi connectivity index (χ2n) is 3.82. The first-order valence-electron chi connectivity index (χ1n) is 5.24. The summed E-state index contributed by atoms with van der Waals surface area (Å²) in [4.78, 5) is 3.79. The summed E-state index contributed by atoms with van der Waals surface area (Å²) in [6.07, 6.45) is 1.06. The van der Waals surface area contributed by atoms with Crippen molar-refractivity contribution in [1.29, 1.82) is 0 Å². The molecular weight excluding hydrogens is 219 g/mol. The van der Waals surface area contributed by atoms with Gasteiger partial charge in [0.2, 0.25) is 5.88 Å². The average molecular weight is 232 g/mol. The Morgan fingerprint density at radius 3 is 2.65 bits per heavy atom. The number of ether oxygens (including phenoxy) is 1. The van der Waals surface area contributed by atoms with E-state index in [1.54, 1.807) is 0 Å². The van der Waals surface area contributed by atoms with Crippen LogP contribution < -0.4 is 10.5 Å². The second-order valence-corrected chi connectivity index (χ2v) is 3.82. The standard InChI is InChI=1S/C13H13FN2O/c1-9-2-4-10(5-3-9)8-17-13-6-12(15)11(14)7-16-13/h2-7H,8H2,1H3,(H2,15,16). The van der Waals surface area contributed by atoms with Crippen molar-refractivity contribution >= 4 is 5.69 Å². The lowest BCUT2D eigenvalue weighted by atomic mass is 10.2. The van der Waals surface area contributed by atoms with Gasteiger partial charge in [0.15, 0.2) is 5.82 Å². The Labute approximate surface area is 99.1 Å². The van der Waals surface area contributed by atoms with Gasteiger partial charge in [-0.3, -0.25) is 0 Å². The molecule has 0 aliphatic rings. The van der Waals surface area contributed by atoms with Gasteiger partial charge in [0.1, 0.15) is 6.61 Å². The minimum absolute atomic E-state index is 0.0407. The van der Waals surface area contributed by atoms with Crippen molar-refractivity contribution in [2.45, 2.75) is 13.5 Å². The molecule has 0 radical (unpaired) electrons. The summed E-state index contributed by atoms with van der Waals surface area (Å²) in [5, 5.41) is 0. The van der Waals surface area contributed by atoms with Crippen LogP contribution in [0.3, 0.4) is 0 Å². The van der Waals surface area contributed by atoms with E-state index in [-0.39, 0.29) is 5.69 Å². The van der Waals surface area contributed by atoms with Crippen molar-refractivity contribution in [2.24, 2.45) is 0 Å². The Morgan fingerprint density at radius 1 is 1.29 bits per heavy atom. The molecule has 17 heavy (non-hydrogen) atoms. The molecule has 88 valence electrons. The van der Waals surface area contributed by atoms with Crippen molar-refractivity contribution in [3.8, 4) is 5.88 Å². The molecule has 0 aliphatic carbocycles. The lowest BCUT2D eigenvalue weighted by Crippen LogP contribution is -1.99. The van der Waals surface area contributed by atoms with Gasteiger partial charge < -0.3 is 10.5 Å². The zero-order valence-corrected chi connectivity index (χ0v) is 9.48. The van der Waals surface area contributed by atoms with Gasteiger partial charge in [0, 0.05) is 6.07 Å². The first-order valence-corrected chi connectivity index (χ1v) is 5.24. The summed E-state index contributed by atoms with van der Waals surface area (Å²) in [6.45, 7) is 2.41. The number of anilines is 1. The number of nitrogen functional groups attached to an aromatic ring is 1. The number of aromatic nitrogens is 1. The number of rotatable bonds is 3. The molecule has 0 bridgehead atoms. The zero-order chi connectivity index (χ0) is 12.3. The molecule has 0 saturated heterocycles. The van der Waals surface area contributed by atoms with Crippen LogP contribution in [0.4, 0.5) is 10.1 Å². The summed E-state index contributed by atoms with van der Waals surface area (Å²) in [5.41, 5.74) is 7.68. The van der Waals surface area contributed by atoms with Gasteiger partial charge >= 0.3 is 0 Å². The van der Waals surface area contributed by atoms with E-state index < -0.39 is 5.82 Å². The number of halogens is 1. The lowest BCUT2D eigenvalue weighted by Gasteiger charge is -2.06. The monoisotopic (exact) mass is 232 g/mol. The van der Waals surface area contributed by atoms with E-state index in [4.69, 9.17) is 10.5 Å². The van der Waals surface area contributed by atoms with Crippen molar-refractivity contribution < 1.29 is 9.13 Å². The molecule has 0 amide bonds. The first kappa shape index (κ1) is 11.4. The molecule has 2 aromatic rings. The largest absolute Gasteiger partial charge is 0.473 e. The van der Waals surface area contributed by atoms with E-state index in [0.29, 0.717) is 12.5 Å². The summed E-state index contributed by atoms with van der Waals surface area (Å²) in [7, 11) is 0. The van der Waals surface area contributed by atoms with E-state index in [1.807, 2.05) is 31.2 Å². The van der Waals surface area contributed by atoms with E-state index in [0.717, 1.165) is 11.8 Å². The number of hydrogen-bond donors (Lipinski definition) is 1. The number of nitrogens with zero attached hydrogens (tertiary/aromatic N) is 1. The molecule has 4 heteroatoms. The summed E-state index contributed by atoms with van der Waals surface area (Å²) >= 11 is 0. The Bertz CT molecular complexity index is 511. The minimum atomic E-state index is -0.535. The van der Waals surface area contributed by atoms with Crippen molar-refractivity contribution in [1.82, 2.24) is 4.98 Å². The van der Waals surface area contributed by atoms with Crippen LogP contribution in [0.15, 0.2) is 36.5 Å². The third-order valence-corrected chi connectivity index (χ3v) is 2.37. The van der Waals surface area contributed by atoms with Crippen LogP contribution in [0, 0.1) is 12.7 Å². The fourth-order valence-corrected chi connectivity index (χ4v) is 1.35. The van der Waals surface area contributed by atoms with E-state index >= 15 is 0 Å². The normalized spacial score (nSPS) is 10.2. The van der Waals surface area contributed by atoms with E-state index in [2.05, 4.69) is 4.98 Å². The van der Waals surface area contributed by atoms with Crippen molar-refractivity contribution in [3.63, 3.8) is 0 Å². The summed E-state index contributed by atoms with van der Waals surface area (Å²) in [5.74, 6) is -0.211. The number of pyridine rings is 1. The van der Waals surface area contributed by atoms with Crippen LogP contribution >= 0.6 is 0 Å². The smallest absolute Gasteiger partial charge is 0.215 e. The van der Waals surface area contributed by atoms with Crippen LogP contribution in [-0.2, 0) is 6.61 Å². The number of benzene rings is 1. The summed E-state index contributed by atoms with van der Waals surface area (Å²) in [6, 6.07) is 9.34. The van der Waals surface area contributed by atoms with Crippen LogP contribution in [0.2, 0.25) is 0 Å². The third kappa shape index (κ3) is 2.93. The van der Waals surface area contributed by atoms with Gasteiger partial charge in [0.05, 0.1) is 11.9 Å². The molecule has 2 rings (SSSR count). The number of hydrogen-bond acceptors (Lipinski definition) is 3. The molecule has 0 aliphatic heterocycles. The fraction of sp³-hybridized carbons (Fsp3) is 0.154. The Kier molecular flexibility index (Phi) is 3.23. The highest BCUT2D eigenvalue weighted by Gasteiger charge is 2.02. The van der Waals surface area contributed by atoms with Crippen molar-refractivity contribution in [3.05, 3.63) is 53.5 Å². The maximum Gasteiger partial charge on any atom is 0.215 e. The number of aryl methyl sites for hydroxylation is 1. The highest BCUT2D eigenvalue weighted by atomic mass is 19.1. The predicted molar refractivity (Wildman–Crippen MR) is 64.1 cm³/mol. The number of nitrogens with two attached hydrogens (primary N) is 1. The molecule has 0 fully saturated rings. The Balaban J connectivity index is 2.02. The molecule has 0 saturated carbocycles. The Morgan fingerprint density at radius 2 is 2.00 bits per heavy atom. The van der Waals surface area contributed by atoms with Gasteiger partial charge in [-0.15, -0.1) is 0 Å². The van der Waals surface area contributed by atoms with Gasteiger partial charge in [0.25, 0.3) is 0 Å². The lowest BCUT2D eigenvalue weighted by molar-refractivity contribution is 0.293. The van der Waals surface area contributed by atoms with Gasteiger partial charge in [-0.05, 0) is 12.5 Å². The quantitative estimate of drug-likeness (QED) is 0.885. The molecular formula is C13H13FN2O. The average Bonchev–Trinajstić information content (AvgIpc) is 2.33. The maximum absolute atomic E-state index is 12.9. The fourth-order valence-electron chi connectivity index (χ4n) is 1.35. The van der Waals surface area contributed by atoms with Gasteiger partial charge in [-0.2, -0.15) is 0 Å². The highest BCUT2D eigenvalue weighted by Crippen LogP contribution is 2.16. The topological polar surface area (TPSA) is 48.1 Å². The SMILES string of the molecule is Cc1ccc(COc2cc(N)c(F)cn2)cc1. The minimum Gasteiger partial charge on any atom is -0.473 e. The molecule has 1 aromatic heterocycles. The molecule has 2 N–H and O–H groups in total. The van der Waals surface area contributed by atoms with Crippen LogP contribution in [-0.4, -0.2) is 4.98 Å². The molecule has 0 unspecified atom stereocenters. The summed E-state index contributed by atoms with van der Waals surface area (Å²) < 4.78 is 18.3. The van der Waals surface area contributed by atoms with Gasteiger partial charge in [-0.1, -0.05) is 29.8 Å². The predicted octanol–water partition coefficient (Wildman–Crippen LogP) is 2.69. The van der Waals surface area contributed by atoms with Crippen LogP contribution in [0.5, 0.6) is 5.88 Å². The molecule has 0 spiro atoms. The second kappa shape index (κ2) is 4.82. The zero-order valence-electron chi connectivity index (χ0n) is 9.48. The van der Waals surface area contributed by atoms with E-state index in [9.17, 15) is 4.39 Å². The van der Waals surface area contributed by atoms with E-state index in [1.165, 1.54) is 11.6 Å². The van der Waals surface area contributed by atoms with Gasteiger partial charge in [-0.25, -0.2) is 9.37 Å². The van der Waals surface area contributed by atoms with Crippen LogP contribution in [0.25, 0.3) is 0 Å². The molecule has 1 heterocycles. The van der Waals surface area contributed by atoms with Crippen LogP contribution in [0.1, 0.15) is 11.1 Å². The third-order valence-electron chi connectivity index (χ3n) is 2.37. The highest BCUT2D eigenvalue weighted by molar-refractivity contribution is 5.41. The maximum atomic E-state index is 12.9. The Hall–Kier alpha value is -2.10. The van der Waals surface area contributed by atoms with Crippen molar-refractivity contribution in [2.75, 3.05) is 5.73 Å². The molecule has 0 atom stereocenters. The first-order chi connectivity index (χ1) is 8.15. The molecule has 3 nitrogen and oxygen atoms in total.